The minimum Gasteiger partial charge on any atom is -0.469 e. The lowest BCUT2D eigenvalue weighted by Crippen LogP contribution is -2.48. The maximum Gasteiger partial charge on any atom is 0.311 e. The van der Waals surface area contributed by atoms with E-state index in [1.165, 1.54) is 7.11 Å². The highest BCUT2D eigenvalue weighted by Gasteiger charge is 2.35. The maximum absolute atomic E-state index is 12.7. The summed E-state index contributed by atoms with van der Waals surface area (Å²) in [6, 6.07) is 15.5. The van der Waals surface area contributed by atoms with Gasteiger partial charge in [-0.05, 0) is 43.3 Å². The Morgan fingerprint density at radius 1 is 0.903 bits per heavy atom. The summed E-state index contributed by atoms with van der Waals surface area (Å²) in [6.07, 6.45) is 0.186. The van der Waals surface area contributed by atoms with Crippen LogP contribution < -0.4 is 9.80 Å². The lowest BCUT2D eigenvalue weighted by molar-refractivity contribution is -0.145. The van der Waals surface area contributed by atoms with Gasteiger partial charge < -0.3 is 19.4 Å². The quantitative estimate of drug-likeness (QED) is 0.710. The SMILES string of the molecule is COC(=O)[C@H]1CC(=O)N(c2ccc(N3CCN(C(=O)c4ccc(C)cc4)CC3)cc2)C1. The summed E-state index contributed by atoms with van der Waals surface area (Å²) in [4.78, 5) is 42.5. The van der Waals surface area contributed by atoms with Crippen LogP contribution in [0.2, 0.25) is 0 Å². The van der Waals surface area contributed by atoms with E-state index >= 15 is 0 Å². The van der Waals surface area contributed by atoms with E-state index in [9.17, 15) is 14.4 Å². The van der Waals surface area contributed by atoms with Crippen molar-refractivity contribution in [2.75, 3.05) is 49.6 Å². The first-order chi connectivity index (χ1) is 15.0. The second-order valence-corrected chi connectivity index (χ2v) is 8.09. The summed E-state index contributed by atoms with van der Waals surface area (Å²) < 4.78 is 4.77. The molecule has 2 aromatic carbocycles. The van der Waals surface area contributed by atoms with Crippen molar-refractivity contribution >= 4 is 29.2 Å². The normalized spacial score (nSPS) is 19.0. The fraction of sp³-hybridized carbons (Fsp3) is 0.375. The Balaban J connectivity index is 1.35. The highest BCUT2D eigenvalue weighted by atomic mass is 16.5. The second-order valence-electron chi connectivity index (χ2n) is 8.09. The zero-order valence-corrected chi connectivity index (χ0v) is 17.9. The Hall–Kier alpha value is -3.35. The molecular formula is C24H27N3O4. The van der Waals surface area contributed by atoms with Crippen LogP contribution in [0.1, 0.15) is 22.3 Å². The molecule has 0 bridgehead atoms. The molecule has 2 fully saturated rings. The van der Waals surface area contributed by atoms with Crippen LogP contribution in [0.5, 0.6) is 0 Å². The van der Waals surface area contributed by atoms with E-state index in [4.69, 9.17) is 4.74 Å². The summed E-state index contributed by atoms with van der Waals surface area (Å²) in [5.74, 6) is -0.740. The molecule has 7 heteroatoms. The van der Waals surface area contributed by atoms with Gasteiger partial charge >= 0.3 is 5.97 Å². The molecule has 2 heterocycles. The number of piperazine rings is 1. The van der Waals surface area contributed by atoms with E-state index in [-0.39, 0.29) is 24.2 Å². The number of rotatable bonds is 4. The zero-order chi connectivity index (χ0) is 22.0. The van der Waals surface area contributed by atoms with Crippen molar-refractivity contribution in [1.29, 1.82) is 0 Å². The van der Waals surface area contributed by atoms with Crippen molar-refractivity contribution in [1.82, 2.24) is 4.90 Å². The first-order valence-corrected chi connectivity index (χ1v) is 10.6. The zero-order valence-electron chi connectivity index (χ0n) is 17.9. The number of benzene rings is 2. The van der Waals surface area contributed by atoms with E-state index in [1.807, 2.05) is 60.4 Å². The molecule has 2 aliphatic heterocycles. The lowest BCUT2D eigenvalue weighted by Gasteiger charge is -2.36. The topological polar surface area (TPSA) is 70.2 Å². The van der Waals surface area contributed by atoms with Crippen molar-refractivity contribution in [3.8, 4) is 0 Å². The average molecular weight is 421 g/mol. The molecule has 162 valence electrons. The number of anilines is 2. The number of carbonyl (C=O) groups is 3. The van der Waals surface area contributed by atoms with Crippen molar-refractivity contribution in [2.24, 2.45) is 5.92 Å². The molecule has 31 heavy (non-hydrogen) atoms. The Labute approximate surface area is 182 Å². The number of aryl methyl sites for hydroxylation is 1. The summed E-state index contributed by atoms with van der Waals surface area (Å²) in [6.45, 7) is 5.20. The fourth-order valence-electron chi connectivity index (χ4n) is 4.17. The lowest BCUT2D eigenvalue weighted by atomic mass is 10.1. The molecule has 0 aromatic heterocycles. The van der Waals surface area contributed by atoms with Gasteiger partial charge in [-0.1, -0.05) is 17.7 Å². The molecule has 2 aromatic rings. The van der Waals surface area contributed by atoms with Crippen molar-refractivity contribution in [2.45, 2.75) is 13.3 Å². The Morgan fingerprint density at radius 3 is 2.13 bits per heavy atom. The summed E-state index contributed by atoms with van der Waals surface area (Å²) in [5, 5.41) is 0. The molecule has 4 rings (SSSR count). The van der Waals surface area contributed by atoms with Gasteiger partial charge in [0.05, 0.1) is 13.0 Å². The van der Waals surface area contributed by atoms with Crippen LogP contribution in [-0.4, -0.2) is 62.5 Å². The Kier molecular flexibility index (Phi) is 5.93. The van der Waals surface area contributed by atoms with Gasteiger partial charge in [0.15, 0.2) is 0 Å². The van der Waals surface area contributed by atoms with Gasteiger partial charge in [0, 0.05) is 56.1 Å². The highest BCUT2D eigenvalue weighted by molar-refractivity contribution is 5.99. The van der Waals surface area contributed by atoms with Crippen molar-refractivity contribution in [3.63, 3.8) is 0 Å². The van der Waals surface area contributed by atoms with E-state index in [0.717, 1.165) is 35.6 Å². The summed E-state index contributed by atoms with van der Waals surface area (Å²) in [7, 11) is 1.35. The van der Waals surface area contributed by atoms with Crippen LogP contribution in [0.15, 0.2) is 48.5 Å². The molecule has 2 aliphatic rings. The molecule has 0 radical (unpaired) electrons. The minimum absolute atomic E-state index is 0.0635. The first-order valence-electron chi connectivity index (χ1n) is 10.6. The number of methoxy groups -OCH3 is 1. The van der Waals surface area contributed by atoms with Crippen molar-refractivity contribution in [3.05, 3.63) is 59.7 Å². The second kappa shape index (κ2) is 8.79. The number of esters is 1. The highest BCUT2D eigenvalue weighted by Crippen LogP contribution is 2.28. The average Bonchev–Trinajstić information content (AvgIpc) is 3.20. The van der Waals surface area contributed by atoms with Crippen LogP contribution in [0.4, 0.5) is 11.4 Å². The van der Waals surface area contributed by atoms with E-state index in [2.05, 4.69) is 4.90 Å². The molecule has 0 N–H and O–H groups in total. The van der Waals surface area contributed by atoms with Crippen LogP contribution in [0, 0.1) is 12.8 Å². The first kappa shape index (κ1) is 20.9. The molecule has 1 atom stereocenters. The number of amides is 2. The van der Waals surface area contributed by atoms with Gasteiger partial charge in [0.25, 0.3) is 5.91 Å². The molecule has 2 saturated heterocycles. The van der Waals surface area contributed by atoms with Crippen LogP contribution >= 0.6 is 0 Å². The predicted octanol–water partition coefficient (Wildman–Crippen LogP) is 2.48. The monoisotopic (exact) mass is 421 g/mol. The number of carbonyl (C=O) groups excluding carboxylic acids is 3. The molecule has 0 saturated carbocycles. The van der Waals surface area contributed by atoms with Gasteiger partial charge in [0.2, 0.25) is 5.91 Å². The maximum atomic E-state index is 12.7. The van der Waals surface area contributed by atoms with Gasteiger partial charge in [-0.2, -0.15) is 0 Å². The van der Waals surface area contributed by atoms with Gasteiger partial charge in [-0.15, -0.1) is 0 Å². The van der Waals surface area contributed by atoms with E-state index in [0.29, 0.717) is 19.6 Å². The minimum atomic E-state index is -0.406. The predicted molar refractivity (Wildman–Crippen MR) is 118 cm³/mol. The van der Waals surface area contributed by atoms with Crippen LogP contribution in [0.25, 0.3) is 0 Å². The number of nitrogens with zero attached hydrogens (tertiary/aromatic N) is 3. The Bertz CT molecular complexity index is 963. The smallest absolute Gasteiger partial charge is 0.311 e. The molecule has 2 amide bonds. The number of ether oxygens (including phenoxy) is 1. The standard InChI is InChI=1S/C24H27N3O4/c1-17-3-5-18(6-4-17)23(29)26-13-11-25(12-14-26)20-7-9-21(10-8-20)27-16-19(15-22(27)28)24(30)31-2/h3-10,19H,11-16H2,1-2H3/t19-/m0/s1. The fourth-order valence-corrected chi connectivity index (χ4v) is 4.17. The molecular weight excluding hydrogens is 394 g/mol. The van der Waals surface area contributed by atoms with E-state index in [1.54, 1.807) is 4.90 Å². The third kappa shape index (κ3) is 4.40. The van der Waals surface area contributed by atoms with Gasteiger partial charge in [0.1, 0.15) is 0 Å². The summed E-state index contributed by atoms with van der Waals surface area (Å²) >= 11 is 0. The van der Waals surface area contributed by atoms with Gasteiger partial charge in [-0.3, -0.25) is 14.4 Å². The Morgan fingerprint density at radius 2 is 1.52 bits per heavy atom. The number of hydrogen-bond acceptors (Lipinski definition) is 5. The molecule has 7 nitrogen and oxygen atoms in total. The van der Waals surface area contributed by atoms with Crippen LogP contribution in [0.3, 0.4) is 0 Å². The number of hydrogen-bond donors (Lipinski definition) is 0. The van der Waals surface area contributed by atoms with Crippen molar-refractivity contribution < 1.29 is 19.1 Å². The molecule has 0 spiro atoms. The molecule has 0 aliphatic carbocycles. The molecule has 0 unspecified atom stereocenters. The van der Waals surface area contributed by atoms with Crippen LogP contribution in [-0.2, 0) is 14.3 Å². The third-order valence-electron chi connectivity index (χ3n) is 6.05. The third-order valence-corrected chi connectivity index (χ3v) is 6.05. The largest absolute Gasteiger partial charge is 0.469 e. The summed E-state index contributed by atoms with van der Waals surface area (Å²) in [5.41, 5.74) is 3.71. The van der Waals surface area contributed by atoms with Gasteiger partial charge in [-0.25, -0.2) is 0 Å². The van der Waals surface area contributed by atoms with E-state index < -0.39 is 5.92 Å².